The van der Waals surface area contributed by atoms with Crippen LogP contribution in [0.2, 0.25) is 0 Å². The first-order valence-corrected chi connectivity index (χ1v) is 10.4. The van der Waals surface area contributed by atoms with Crippen molar-refractivity contribution < 1.29 is 13.7 Å². The predicted octanol–water partition coefficient (Wildman–Crippen LogP) is 3.32. The van der Waals surface area contributed by atoms with Gasteiger partial charge in [-0.1, -0.05) is 40.7 Å². The lowest BCUT2D eigenvalue weighted by atomic mass is 10.1. The Morgan fingerprint density at radius 2 is 2.13 bits per heavy atom. The molecule has 9 nitrogen and oxygen atoms in total. The van der Waals surface area contributed by atoms with Crippen LogP contribution in [0, 0.1) is 6.92 Å². The van der Waals surface area contributed by atoms with Crippen LogP contribution in [0.3, 0.4) is 0 Å². The third kappa shape index (κ3) is 4.43. The van der Waals surface area contributed by atoms with E-state index in [0.717, 1.165) is 11.1 Å². The molecule has 0 saturated heterocycles. The van der Waals surface area contributed by atoms with Gasteiger partial charge in [0, 0.05) is 12.1 Å². The Balaban J connectivity index is 1.44. The Labute approximate surface area is 176 Å². The van der Waals surface area contributed by atoms with E-state index in [4.69, 9.17) is 8.94 Å². The number of furan rings is 1. The zero-order valence-corrected chi connectivity index (χ0v) is 17.3. The summed E-state index contributed by atoms with van der Waals surface area (Å²) in [5, 5.41) is 15.9. The number of aromatic nitrogens is 5. The number of thioether (sulfide) groups is 1. The molecule has 0 fully saturated rings. The van der Waals surface area contributed by atoms with Crippen molar-refractivity contribution in [3.63, 3.8) is 0 Å². The van der Waals surface area contributed by atoms with E-state index >= 15 is 0 Å². The maximum Gasteiger partial charge on any atom is 0.296 e. The third-order valence-corrected chi connectivity index (χ3v) is 5.27. The highest BCUT2D eigenvalue weighted by Crippen LogP contribution is 2.25. The lowest BCUT2D eigenvalue weighted by Gasteiger charge is -2.05. The molecule has 0 bridgehead atoms. The standard InChI is InChI=1S/C20H20N6O3S/c1-3-26-18(19-22-17(25-29-19)14-7-4-6-13(2)10-14)23-24-20(26)30-12-16(27)21-11-15-8-5-9-28-15/h4-10H,3,11-12H2,1-2H3,(H,21,27). The summed E-state index contributed by atoms with van der Waals surface area (Å²) in [6.07, 6.45) is 1.57. The van der Waals surface area contributed by atoms with Gasteiger partial charge in [-0.2, -0.15) is 4.98 Å². The Hall–Kier alpha value is -3.40. The van der Waals surface area contributed by atoms with Gasteiger partial charge in [0.1, 0.15) is 5.76 Å². The molecule has 1 N–H and O–H groups in total. The van der Waals surface area contributed by atoms with E-state index in [1.54, 1.807) is 12.3 Å². The SMILES string of the molecule is CCn1c(SCC(=O)NCc2ccco2)nnc1-c1nc(-c2cccc(C)c2)no1. The monoisotopic (exact) mass is 424 g/mol. The molecule has 10 heteroatoms. The summed E-state index contributed by atoms with van der Waals surface area (Å²) >= 11 is 1.29. The fourth-order valence-electron chi connectivity index (χ4n) is 2.83. The molecule has 0 radical (unpaired) electrons. The van der Waals surface area contributed by atoms with Crippen molar-refractivity contribution in [2.24, 2.45) is 0 Å². The Bertz CT molecular complexity index is 1140. The van der Waals surface area contributed by atoms with Crippen molar-refractivity contribution in [2.75, 3.05) is 5.75 Å². The maximum absolute atomic E-state index is 12.1. The topological polar surface area (TPSA) is 112 Å². The van der Waals surface area contributed by atoms with Crippen LogP contribution in [-0.4, -0.2) is 36.6 Å². The smallest absolute Gasteiger partial charge is 0.296 e. The first-order chi connectivity index (χ1) is 14.6. The van der Waals surface area contributed by atoms with E-state index in [1.807, 2.05) is 48.7 Å². The second kappa shape index (κ2) is 8.95. The number of aryl methyl sites for hydroxylation is 1. The molecule has 1 aromatic carbocycles. The molecular formula is C20H20N6O3S. The second-order valence-corrected chi connectivity index (χ2v) is 7.43. The average Bonchev–Trinajstić information content (AvgIpc) is 3.51. The van der Waals surface area contributed by atoms with Crippen molar-refractivity contribution in [2.45, 2.75) is 32.1 Å². The molecule has 0 aliphatic carbocycles. The van der Waals surface area contributed by atoms with Crippen LogP contribution in [0.5, 0.6) is 0 Å². The van der Waals surface area contributed by atoms with Crippen molar-refractivity contribution in [3.05, 3.63) is 54.0 Å². The number of nitrogens with one attached hydrogen (secondary N) is 1. The van der Waals surface area contributed by atoms with E-state index in [1.165, 1.54) is 11.8 Å². The van der Waals surface area contributed by atoms with Gasteiger partial charge in [-0.15, -0.1) is 10.2 Å². The highest BCUT2D eigenvalue weighted by Gasteiger charge is 2.20. The maximum atomic E-state index is 12.1. The number of carbonyl (C=O) groups is 1. The molecule has 0 spiro atoms. The molecule has 154 valence electrons. The van der Waals surface area contributed by atoms with E-state index in [2.05, 4.69) is 25.7 Å². The van der Waals surface area contributed by atoms with Gasteiger partial charge in [0.15, 0.2) is 5.16 Å². The highest BCUT2D eigenvalue weighted by atomic mass is 32.2. The molecule has 0 saturated carbocycles. The fourth-order valence-corrected chi connectivity index (χ4v) is 3.67. The average molecular weight is 424 g/mol. The van der Waals surface area contributed by atoms with Gasteiger partial charge < -0.3 is 14.3 Å². The van der Waals surface area contributed by atoms with E-state index in [-0.39, 0.29) is 17.6 Å². The van der Waals surface area contributed by atoms with Gasteiger partial charge in [0.05, 0.1) is 18.6 Å². The summed E-state index contributed by atoms with van der Waals surface area (Å²) in [4.78, 5) is 16.6. The Morgan fingerprint density at radius 1 is 1.23 bits per heavy atom. The van der Waals surface area contributed by atoms with Crippen LogP contribution in [-0.2, 0) is 17.9 Å². The number of nitrogens with zero attached hydrogens (tertiary/aromatic N) is 5. The van der Waals surface area contributed by atoms with Crippen LogP contribution < -0.4 is 5.32 Å². The molecule has 0 aliphatic rings. The number of hydrogen-bond acceptors (Lipinski definition) is 8. The molecule has 3 heterocycles. The molecule has 0 atom stereocenters. The highest BCUT2D eigenvalue weighted by molar-refractivity contribution is 7.99. The van der Waals surface area contributed by atoms with Gasteiger partial charge in [0.2, 0.25) is 17.6 Å². The van der Waals surface area contributed by atoms with Gasteiger partial charge in [-0.3, -0.25) is 9.36 Å². The summed E-state index contributed by atoms with van der Waals surface area (Å²) in [7, 11) is 0. The lowest BCUT2D eigenvalue weighted by Crippen LogP contribution is -2.24. The molecule has 30 heavy (non-hydrogen) atoms. The summed E-state index contributed by atoms with van der Waals surface area (Å²) in [5.41, 5.74) is 1.98. The van der Waals surface area contributed by atoms with Crippen LogP contribution in [0.25, 0.3) is 23.1 Å². The van der Waals surface area contributed by atoms with Crippen molar-refractivity contribution in [1.29, 1.82) is 0 Å². The molecule has 0 aliphatic heterocycles. The molecule has 0 unspecified atom stereocenters. The minimum atomic E-state index is -0.122. The minimum Gasteiger partial charge on any atom is -0.467 e. The van der Waals surface area contributed by atoms with E-state index < -0.39 is 0 Å². The third-order valence-electron chi connectivity index (χ3n) is 4.30. The summed E-state index contributed by atoms with van der Waals surface area (Å²) in [6, 6.07) is 11.5. The summed E-state index contributed by atoms with van der Waals surface area (Å²) in [6.45, 7) is 4.92. The number of amides is 1. The lowest BCUT2D eigenvalue weighted by molar-refractivity contribution is -0.118. The Kier molecular flexibility index (Phi) is 5.94. The molecule has 4 aromatic rings. The minimum absolute atomic E-state index is 0.122. The van der Waals surface area contributed by atoms with Gasteiger partial charge in [-0.25, -0.2) is 0 Å². The molecule has 3 aromatic heterocycles. The first kappa shape index (κ1) is 19.9. The zero-order valence-electron chi connectivity index (χ0n) is 16.5. The van der Waals surface area contributed by atoms with Crippen LogP contribution in [0.15, 0.2) is 56.8 Å². The van der Waals surface area contributed by atoms with E-state index in [0.29, 0.717) is 35.7 Å². The van der Waals surface area contributed by atoms with Gasteiger partial charge in [-0.05, 0) is 32.0 Å². The van der Waals surface area contributed by atoms with Gasteiger partial charge in [0.25, 0.3) is 5.89 Å². The fraction of sp³-hybridized carbons (Fsp3) is 0.250. The quantitative estimate of drug-likeness (QED) is 0.429. The molecule has 4 rings (SSSR count). The van der Waals surface area contributed by atoms with Crippen molar-refractivity contribution >= 4 is 17.7 Å². The number of rotatable bonds is 8. The van der Waals surface area contributed by atoms with Crippen LogP contribution >= 0.6 is 11.8 Å². The van der Waals surface area contributed by atoms with Crippen LogP contribution in [0.4, 0.5) is 0 Å². The van der Waals surface area contributed by atoms with Crippen LogP contribution in [0.1, 0.15) is 18.2 Å². The van der Waals surface area contributed by atoms with Crippen molar-refractivity contribution in [3.8, 4) is 23.1 Å². The summed E-state index contributed by atoms with van der Waals surface area (Å²) in [5.74, 6) is 2.04. The Morgan fingerprint density at radius 3 is 2.90 bits per heavy atom. The largest absolute Gasteiger partial charge is 0.467 e. The van der Waals surface area contributed by atoms with E-state index in [9.17, 15) is 4.79 Å². The summed E-state index contributed by atoms with van der Waals surface area (Å²) < 4.78 is 12.5. The van der Waals surface area contributed by atoms with Gasteiger partial charge >= 0.3 is 0 Å². The second-order valence-electron chi connectivity index (χ2n) is 6.49. The van der Waals surface area contributed by atoms with Crippen molar-refractivity contribution in [1.82, 2.24) is 30.2 Å². The first-order valence-electron chi connectivity index (χ1n) is 9.40. The predicted molar refractivity (Wildman–Crippen MR) is 110 cm³/mol. The number of hydrogen-bond donors (Lipinski definition) is 1. The number of benzene rings is 1. The number of carbonyl (C=O) groups excluding carboxylic acids is 1. The zero-order chi connectivity index (χ0) is 20.9. The molecular weight excluding hydrogens is 404 g/mol. The molecule has 1 amide bonds. The normalized spacial score (nSPS) is 11.0.